The van der Waals surface area contributed by atoms with Crippen LogP contribution in [0, 0.1) is 0 Å². The van der Waals surface area contributed by atoms with Gasteiger partial charge in [0, 0.05) is 18.6 Å². The highest BCUT2D eigenvalue weighted by atomic mass is 35.5. The molecule has 0 atom stereocenters. The highest BCUT2D eigenvalue weighted by Crippen LogP contribution is 2.31. The normalized spacial score (nSPS) is 11.6. The Kier molecular flexibility index (Phi) is 8.48. The van der Waals surface area contributed by atoms with Crippen molar-refractivity contribution in [3.05, 3.63) is 101 Å². The number of nitrogens with zero attached hydrogens (tertiary/aromatic N) is 3. The molecule has 3 rings (SSSR count). The van der Waals surface area contributed by atoms with Gasteiger partial charge in [-0.2, -0.15) is 13.2 Å². The molecule has 1 N–H and O–H groups in total. The zero-order chi connectivity index (χ0) is 25.4. The number of carbonyl (C=O) groups excluding carboxylic acids is 2. The lowest BCUT2D eigenvalue weighted by Crippen LogP contribution is -2.47. The maximum Gasteiger partial charge on any atom is 0.416 e. The largest absolute Gasteiger partial charge is 0.416 e. The van der Waals surface area contributed by atoms with Crippen LogP contribution in [0.2, 0.25) is 5.02 Å². The van der Waals surface area contributed by atoms with Gasteiger partial charge in [-0.25, -0.2) is 9.79 Å². The third kappa shape index (κ3) is 7.58. The van der Waals surface area contributed by atoms with E-state index in [1.807, 2.05) is 0 Å². The van der Waals surface area contributed by atoms with Crippen molar-refractivity contribution >= 4 is 35.7 Å². The van der Waals surface area contributed by atoms with Gasteiger partial charge in [0.2, 0.25) is 12.4 Å². The SMILES string of the molecule is CN(Cc1ccc(Cl)cc1)C(=O)NC(=Nc1cccc(C(F)(F)F)c1)N(C=O)Cc1ccccc1. The number of hydrogen-bond donors (Lipinski definition) is 1. The average molecular weight is 503 g/mol. The number of guanidine groups is 1. The Morgan fingerprint density at radius 3 is 2.26 bits per heavy atom. The van der Waals surface area contributed by atoms with E-state index in [-0.39, 0.29) is 24.7 Å². The van der Waals surface area contributed by atoms with Gasteiger partial charge in [0.25, 0.3) is 0 Å². The monoisotopic (exact) mass is 502 g/mol. The van der Waals surface area contributed by atoms with Crippen molar-refractivity contribution in [1.82, 2.24) is 15.1 Å². The quantitative estimate of drug-likeness (QED) is 0.261. The minimum atomic E-state index is -4.57. The number of benzene rings is 3. The number of urea groups is 1. The van der Waals surface area contributed by atoms with Crippen LogP contribution < -0.4 is 5.32 Å². The summed E-state index contributed by atoms with van der Waals surface area (Å²) in [7, 11) is 1.54. The molecule has 10 heteroatoms. The van der Waals surface area contributed by atoms with Crippen LogP contribution in [0.5, 0.6) is 0 Å². The van der Waals surface area contributed by atoms with Crippen molar-refractivity contribution in [1.29, 1.82) is 0 Å². The maximum absolute atomic E-state index is 13.2. The van der Waals surface area contributed by atoms with Gasteiger partial charge in [-0.05, 0) is 41.5 Å². The van der Waals surface area contributed by atoms with Gasteiger partial charge in [-0.15, -0.1) is 0 Å². The summed E-state index contributed by atoms with van der Waals surface area (Å²) in [5.74, 6) is -0.212. The molecule has 0 fully saturated rings. The van der Waals surface area contributed by atoms with E-state index >= 15 is 0 Å². The van der Waals surface area contributed by atoms with Crippen LogP contribution in [-0.2, 0) is 24.1 Å². The predicted octanol–water partition coefficient (Wildman–Crippen LogP) is 5.85. The van der Waals surface area contributed by atoms with Gasteiger partial charge >= 0.3 is 12.2 Å². The number of hydrogen-bond acceptors (Lipinski definition) is 3. The smallest absolute Gasteiger partial charge is 0.323 e. The van der Waals surface area contributed by atoms with Gasteiger partial charge in [0.05, 0.1) is 17.8 Å². The highest BCUT2D eigenvalue weighted by Gasteiger charge is 2.30. The van der Waals surface area contributed by atoms with Crippen molar-refractivity contribution in [2.75, 3.05) is 7.05 Å². The van der Waals surface area contributed by atoms with Gasteiger partial charge < -0.3 is 4.90 Å². The lowest BCUT2D eigenvalue weighted by Gasteiger charge is -2.24. The standard InChI is InChI=1S/C25H22ClF3N4O2/c1-32(15-19-10-12-21(26)13-11-19)24(35)31-23(33(17-34)16-18-6-3-2-4-7-18)30-22-9-5-8-20(14-22)25(27,28)29/h2-14,17H,15-16H2,1H3,(H,30,31,35). The molecule has 0 unspecified atom stereocenters. The van der Waals surface area contributed by atoms with Crippen molar-refractivity contribution in [3.63, 3.8) is 0 Å². The Balaban J connectivity index is 1.89. The van der Waals surface area contributed by atoms with Crippen LogP contribution in [0.1, 0.15) is 16.7 Å². The minimum Gasteiger partial charge on any atom is -0.323 e. The third-order valence-electron chi connectivity index (χ3n) is 4.90. The third-order valence-corrected chi connectivity index (χ3v) is 5.15. The van der Waals surface area contributed by atoms with Crippen LogP contribution in [-0.4, -0.2) is 35.2 Å². The average Bonchev–Trinajstić information content (AvgIpc) is 2.84. The zero-order valence-corrected chi connectivity index (χ0v) is 19.4. The highest BCUT2D eigenvalue weighted by molar-refractivity contribution is 6.30. The summed E-state index contributed by atoms with van der Waals surface area (Å²) in [4.78, 5) is 31.5. The molecule has 3 aromatic carbocycles. The Morgan fingerprint density at radius 1 is 0.971 bits per heavy atom. The summed E-state index contributed by atoms with van der Waals surface area (Å²) in [5.41, 5.74) is 0.570. The maximum atomic E-state index is 13.2. The number of carbonyl (C=O) groups is 2. The first-order valence-electron chi connectivity index (χ1n) is 10.4. The molecular weight excluding hydrogens is 481 g/mol. The molecule has 0 aliphatic heterocycles. The molecule has 0 aromatic heterocycles. The van der Waals surface area contributed by atoms with E-state index in [2.05, 4.69) is 10.3 Å². The number of alkyl halides is 3. The summed E-state index contributed by atoms with van der Waals surface area (Å²) in [6.45, 7) is 0.267. The molecule has 35 heavy (non-hydrogen) atoms. The number of rotatable bonds is 6. The molecule has 6 nitrogen and oxygen atoms in total. The molecular formula is C25H22ClF3N4O2. The lowest BCUT2D eigenvalue weighted by molar-refractivity contribution is -0.137. The fourth-order valence-electron chi connectivity index (χ4n) is 3.11. The second-order valence-electron chi connectivity index (χ2n) is 7.62. The molecule has 0 saturated carbocycles. The molecule has 0 aliphatic rings. The molecule has 3 amide bonds. The molecule has 0 radical (unpaired) electrons. The lowest BCUT2D eigenvalue weighted by atomic mass is 10.2. The second kappa shape index (κ2) is 11.5. The number of amides is 3. The first-order valence-corrected chi connectivity index (χ1v) is 10.8. The number of aliphatic imine (C=N–C) groups is 1. The molecule has 0 aliphatic carbocycles. The first kappa shape index (κ1) is 25.8. The van der Waals surface area contributed by atoms with Gasteiger partial charge in [-0.1, -0.05) is 60.1 Å². The Bertz CT molecular complexity index is 1190. The van der Waals surface area contributed by atoms with Crippen LogP contribution in [0.15, 0.2) is 83.9 Å². The van der Waals surface area contributed by atoms with E-state index in [1.54, 1.807) is 54.6 Å². The molecule has 182 valence electrons. The topological polar surface area (TPSA) is 65.0 Å². The summed E-state index contributed by atoms with van der Waals surface area (Å²) >= 11 is 5.90. The van der Waals surface area contributed by atoms with Crippen molar-refractivity contribution in [3.8, 4) is 0 Å². The van der Waals surface area contributed by atoms with Gasteiger partial charge in [-0.3, -0.25) is 15.0 Å². The van der Waals surface area contributed by atoms with Crippen molar-refractivity contribution < 1.29 is 22.8 Å². The van der Waals surface area contributed by atoms with Crippen molar-refractivity contribution in [2.45, 2.75) is 19.3 Å². The van der Waals surface area contributed by atoms with Crippen LogP contribution in [0.4, 0.5) is 23.7 Å². The fraction of sp³-hybridized carbons (Fsp3) is 0.160. The first-order chi connectivity index (χ1) is 16.7. The fourth-order valence-corrected chi connectivity index (χ4v) is 3.23. The molecule has 0 saturated heterocycles. The molecule has 3 aromatic rings. The zero-order valence-electron chi connectivity index (χ0n) is 18.7. The van der Waals surface area contributed by atoms with E-state index in [0.717, 1.165) is 28.2 Å². The summed E-state index contributed by atoms with van der Waals surface area (Å²) in [6, 6.07) is 19.5. The Labute approximate surface area is 205 Å². The molecule has 0 heterocycles. The van der Waals surface area contributed by atoms with Crippen LogP contribution in [0.25, 0.3) is 0 Å². The minimum absolute atomic E-state index is 0.0450. The van der Waals surface area contributed by atoms with Crippen LogP contribution in [0.3, 0.4) is 0 Å². The molecule has 0 bridgehead atoms. The van der Waals surface area contributed by atoms with Gasteiger partial charge in [0.15, 0.2) is 0 Å². The van der Waals surface area contributed by atoms with E-state index in [0.29, 0.717) is 11.4 Å². The predicted molar refractivity (Wildman–Crippen MR) is 128 cm³/mol. The van der Waals surface area contributed by atoms with Gasteiger partial charge in [0.1, 0.15) is 0 Å². The summed E-state index contributed by atoms with van der Waals surface area (Å²) < 4.78 is 39.5. The number of nitrogens with one attached hydrogen (secondary N) is 1. The summed E-state index contributed by atoms with van der Waals surface area (Å²) in [6.07, 6.45) is -4.11. The molecule has 0 spiro atoms. The Hall–Kier alpha value is -3.85. The number of halogens is 4. The van der Waals surface area contributed by atoms with E-state index in [1.165, 1.54) is 24.1 Å². The van der Waals surface area contributed by atoms with E-state index in [9.17, 15) is 22.8 Å². The van der Waals surface area contributed by atoms with Crippen LogP contribution >= 0.6 is 11.6 Å². The Morgan fingerprint density at radius 2 is 1.63 bits per heavy atom. The van der Waals surface area contributed by atoms with E-state index in [4.69, 9.17) is 11.6 Å². The van der Waals surface area contributed by atoms with E-state index < -0.39 is 17.8 Å². The van der Waals surface area contributed by atoms with Crippen molar-refractivity contribution in [2.24, 2.45) is 4.99 Å². The second-order valence-corrected chi connectivity index (χ2v) is 8.05. The summed E-state index contributed by atoms with van der Waals surface area (Å²) in [5, 5.41) is 3.11.